The second-order valence-corrected chi connectivity index (χ2v) is 5.71. The van der Waals surface area contributed by atoms with Crippen LogP contribution >= 0.6 is 0 Å². The molecule has 2 N–H and O–H groups in total. The van der Waals surface area contributed by atoms with Gasteiger partial charge in [-0.25, -0.2) is 0 Å². The van der Waals surface area contributed by atoms with Gasteiger partial charge in [0, 0.05) is 6.04 Å². The van der Waals surface area contributed by atoms with Crippen molar-refractivity contribution in [3.05, 3.63) is 35.4 Å². The molecule has 1 nitrogen and oxygen atoms in total. The maximum Gasteiger partial charge on any atom is 0.0323 e. The third-order valence-electron chi connectivity index (χ3n) is 4.01. The van der Waals surface area contributed by atoms with Crippen molar-refractivity contribution in [1.29, 1.82) is 0 Å². The van der Waals surface area contributed by atoms with Crippen LogP contribution < -0.4 is 5.73 Å². The van der Waals surface area contributed by atoms with Gasteiger partial charge < -0.3 is 5.73 Å². The Morgan fingerprint density at radius 3 is 1.95 bits per heavy atom. The smallest absolute Gasteiger partial charge is 0.0323 e. The van der Waals surface area contributed by atoms with Crippen LogP contribution in [0.25, 0.3) is 0 Å². The predicted molar refractivity (Wildman–Crippen MR) is 85.3 cm³/mol. The topological polar surface area (TPSA) is 26.0 Å². The van der Waals surface area contributed by atoms with Gasteiger partial charge in [-0.05, 0) is 42.7 Å². The molecule has 0 aliphatic rings. The van der Waals surface area contributed by atoms with Crippen LogP contribution in [0.5, 0.6) is 0 Å². The quantitative estimate of drug-likeness (QED) is 0.646. The number of rotatable bonds is 9. The third-order valence-corrected chi connectivity index (χ3v) is 4.01. The summed E-state index contributed by atoms with van der Waals surface area (Å²) in [5.41, 5.74) is 9.22. The van der Waals surface area contributed by atoms with Crippen molar-refractivity contribution in [2.45, 2.75) is 71.8 Å². The van der Waals surface area contributed by atoms with Gasteiger partial charge in [-0.15, -0.1) is 0 Å². The molecule has 0 saturated heterocycles. The van der Waals surface area contributed by atoms with Crippen LogP contribution in [-0.4, -0.2) is 0 Å². The molecule has 1 aromatic rings. The predicted octanol–water partition coefficient (Wildman–Crippen LogP) is 5.25. The highest BCUT2D eigenvalue weighted by Gasteiger charge is 2.17. The molecule has 1 heteroatoms. The molecule has 108 valence electrons. The molecule has 0 spiro atoms. The van der Waals surface area contributed by atoms with Crippen molar-refractivity contribution in [2.75, 3.05) is 0 Å². The van der Waals surface area contributed by atoms with Gasteiger partial charge in [0.1, 0.15) is 0 Å². The van der Waals surface area contributed by atoms with Crippen molar-refractivity contribution < 1.29 is 0 Å². The zero-order valence-electron chi connectivity index (χ0n) is 13.0. The fourth-order valence-electron chi connectivity index (χ4n) is 2.80. The summed E-state index contributed by atoms with van der Waals surface area (Å²) in [6.45, 7) is 6.75. The first-order chi connectivity index (χ1) is 9.22. The first-order valence-electron chi connectivity index (χ1n) is 8.07. The molecular weight excluding hydrogens is 230 g/mol. The summed E-state index contributed by atoms with van der Waals surface area (Å²) in [5, 5.41) is 0. The Balaban J connectivity index is 2.66. The van der Waals surface area contributed by atoms with E-state index in [1.807, 2.05) is 0 Å². The van der Waals surface area contributed by atoms with E-state index < -0.39 is 0 Å². The molecule has 1 atom stereocenters. The highest BCUT2D eigenvalue weighted by molar-refractivity contribution is 5.25. The van der Waals surface area contributed by atoms with Gasteiger partial charge in [-0.1, -0.05) is 64.3 Å². The van der Waals surface area contributed by atoms with Crippen molar-refractivity contribution >= 4 is 0 Å². The second kappa shape index (κ2) is 9.14. The molecule has 0 saturated carbocycles. The molecule has 19 heavy (non-hydrogen) atoms. The van der Waals surface area contributed by atoms with E-state index in [0.29, 0.717) is 5.92 Å². The Morgan fingerprint density at radius 1 is 0.895 bits per heavy atom. The average molecular weight is 261 g/mol. The lowest BCUT2D eigenvalue weighted by Gasteiger charge is -2.23. The maximum absolute atomic E-state index is 6.46. The third kappa shape index (κ3) is 5.36. The van der Waals surface area contributed by atoms with Crippen LogP contribution in [0.1, 0.15) is 76.5 Å². The van der Waals surface area contributed by atoms with E-state index in [9.17, 15) is 0 Å². The van der Waals surface area contributed by atoms with E-state index in [4.69, 9.17) is 5.73 Å². The Labute approximate surface area is 119 Å². The molecule has 1 rings (SSSR count). The molecular formula is C18H31N. The molecule has 0 aromatic heterocycles. The Morgan fingerprint density at radius 2 is 1.47 bits per heavy atom. The van der Waals surface area contributed by atoms with Crippen LogP contribution in [-0.2, 0) is 6.42 Å². The van der Waals surface area contributed by atoms with E-state index in [2.05, 4.69) is 45.0 Å². The highest BCUT2D eigenvalue weighted by atomic mass is 14.6. The largest absolute Gasteiger partial charge is 0.324 e. The summed E-state index contributed by atoms with van der Waals surface area (Å²) in [7, 11) is 0. The van der Waals surface area contributed by atoms with Crippen LogP contribution in [0, 0.1) is 5.92 Å². The van der Waals surface area contributed by atoms with Crippen molar-refractivity contribution in [2.24, 2.45) is 11.7 Å². The summed E-state index contributed by atoms with van der Waals surface area (Å²) in [6.07, 6.45) is 8.68. The highest BCUT2D eigenvalue weighted by Crippen LogP contribution is 2.27. The summed E-state index contributed by atoms with van der Waals surface area (Å²) in [5.74, 6) is 0.636. The maximum atomic E-state index is 6.46. The number of aryl methyl sites for hydroxylation is 1. The lowest BCUT2D eigenvalue weighted by Crippen LogP contribution is -2.21. The summed E-state index contributed by atoms with van der Waals surface area (Å²) >= 11 is 0. The first-order valence-corrected chi connectivity index (χ1v) is 8.07. The fraction of sp³-hybridized carbons (Fsp3) is 0.667. The van der Waals surface area contributed by atoms with E-state index in [1.165, 1.54) is 56.1 Å². The SMILES string of the molecule is CCCCc1ccc(C(N)C(CCC)CCC)cc1. The standard InChI is InChI=1S/C18H31N/c1-4-7-10-15-11-13-17(14-12-15)18(19)16(8-5-2)9-6-3/h11-14,16,18H,4-10,19H2,1-3H3. The van der Waals surface area contributed by atoms with Crippen LogP contribution in [0.3, 0.4) is 0 Å². The number of unbranched alkanes of at least 4 members (excludes halogenated alkanes) is 1. The Bertz CT molecular complexity index is 322. The van der Waals surface area contributed by atoms with Crippen molar-refractivity contribution in [1.82, 2.24) is 0 Å². The van der Waals surface area contributed by atoms with Crippen LogP contribution in [0.4, 0.5) is 0 Å². The van der Waals surface area contributed by atoms with Crippen molar-refractivity contribution in [3.63, 3.8) is 0 Å². The molecule has 0 bridgehead atoms. The van der Waals surface area contributed by atoms with Gasteiger partial charge in [-0.2, -0.15) is 0 Å². The Hall–Kier alpha value is -0.820. The lowest BCUT2D eigenvalue weighted by molar-refractivity contribution is 0.368. The Kier molecular flexibility index (Phi) is 7.81. The first kappa shape index (κ1) is 16.2. The summed E-state index contributed by atoms with van der Waals surface area (Å²) in [6, 6.07) is 9.22. The van der Waals surface area contributed by atoms with E-state index in [0.717, 1.165) is 0 Å². The minimum absolute atomic E-state index is 0.208. The van der Waals surface area contributed by atoms with Crippen LogP contribution in [0.15, 0.2) is 24.3 Å². The van der Waals surface area contributed by atoms with Gasteiger partial charge in [0.25, 0.3) is 0 Å². The zero-order valence-corrected chi connectivity index (χ0v) is 13.0. The molecule has 1 aromatic carbocycles. The molecule has 1 unspecified atom stereocenters. The van der Waals surface area contributed by atoms with Gasteiger partial charge >= 0.3 is 0 Å². The minimum Gasteiger partial charge on any atom is -0.324 e. The van der Waals surface area contributed by atoms with Crippen molar-refractivity contribution in [3.8, 4) is 0 Å². The number of hydrogen-bond acceptors (Lipinski definition) is 1. The lowest BCUT2D eigenvalue weighted by atomic mass is 9.86. The molecule has 0 radical (unpaired) electrons. The monoisotopic (exact) mass is 261 g/mol. The molecule has 0 aliphatic carbocycles. The minimum atomic E-state index is 0.208. The number of hydrogen-bond donors (Lipinski definition) is 1. The average Bonchev–Trinajstić information content (AvgIpc) is 2.44. The fourth-order valence-corrected chi connectivity index (χ4v) is 2.80. The number of benzene rings is 1. The number of nitrogens with two attached hydrogens (primary N) is 1. The molecule has 0 aliphatic heterocycles. The van der Waals surface area contributed by atoms with Crippen LogP contribution in [0.2, 0.25) is 0 Å². The van der Waals surface area contributed by atoms with E-state index in [1.54, 1.807) is 0 Å². The van der Waals surface area contributed by atoms with E-state index >= 15 is 0 Å². The summed E-state index contributed by atoms with van der Waals surface area (Å²) in [4.78, 5) is 0. The van der Waals surface area contributed by atoms with Gasteiger partial charge in [0.05, 0.1) is 0 Å². The molecule has 0 amide bonds. The summed E-state index contributed by atoms with van der Waals surface area (Å²) < 4.78 is 0. The van der Waals surface area contributed by atoms with Gasteiger partial charge in [0.2, 0.25) is 0 Å². The van der Waals surface area contributed by atoms with Gasteiger partial charge in [-0.3, -0.25) is 0 Å². The molecule has 0 fully saturated rings. The second-order valence-electron chi connectivity index (χ2n) is 5.71. The normalized spacial score (nSPS) is 12.9. The van der Waals surface area contributed by atoms with E-state index in [-0.39, 0.29) is 6.04 Å². The zero-order chi connectivity index (χ0) is 14.1. The molecule has 0 heterocycles. The van der Waals surface area contributed by atoms with Gasteiger partial charge in [0.15, 0.2) is 0 Å².